The number of hydrazone groups is 1. The van der Waals surface area contributed by atoms with Gasteiger partial charge < -0.3 is 4.42 Å². The molecule has 0 bridgehead atoms. The minimum atomic E-state index is -0.531. The Bertz CT molecular complexity index is 965. The first-order valence-electron chi connectivity index (χ1n) is 6.80. The number of hydrogen-bond donors (Lipinski definition) is 1. The number of amides is 1. The lowest BCUT2D eigenvalue weighted by Crippen LogP contribution is -2.16. The number of non-ortho nitro benzene ring substituents is 1. The van der Waals surface area contributed by atoms with E-state index in [0.717, 1.165) is 9.13 Å². The monoisotopic (exact) mass is 435 g/mol. The molecule has 1 heterocycles. The van der Waals surface area contributed by atoms with E-state index in [2.05, 4.69) is 33.1 Å². The third-order valence-corrected chi connectivity index (χ3v) is 4.19. The van der Waals surface area contributed by atoms with E-state index in [-0.39, 0.29) is 11.4 Å². The summed E-state index contributed by atoms with van der Waals surface area (Å²) < 4.78 is 6.38. The Kier molecular flexibility index (Phi) is 4.56. The molecule has 3 aromatic rings. The van der Waals surface area contributed by atoms with Crippen LogP contribution < -0.4 is 5.43 Å². The van der Waals surface area contributed by atoms with Crippen molar-refractivity contribution in [1.29, 1.82) is 0 Å². The third-order valence-electron chi connectivity index (χ3n) is 3.21. The van der Waals surface area contributed by atoms with Crippen molar-refractivity contribution < 1.29 is 14.1 Å². The molecule has 0 aliphatic carbocycles. The highest BCUT2D eigenvalue weighted by Crippen LogP contribution is 2.24. The maximum atomic E-state index is 12.1. The Labute approximate surface area is 149 Å². The molecule has 0 saturated carbocycles. The molecule has 0 aliphatic rings. The van der Waals surface area contributed by atoms with Gasteiger partial charge in [-0.05, 0) is 40.8 Å². The van der Waals surface area contributed by atoms with Gasteiger partial charge in [-0.3, -0.25) is 14.9 Å². The van der Waals surface area contributed by atoms with Crippen LogP contribution in [0.1, 0.15) is 16.1 Å². The number of carbonyl (C=O) groups is 1. The smallest absolute Gasteiger partial charge is 0.307 e. The Morgan fingerprint density at radius 3 is 2.79 bits per heavy atom. The number of carbonyl (C=O) groups excluding carboxylic acids is 1. The van der Waals surface area contributed by atoms with Crippen LogP contribution in [0.2, 0.25) is 0 Å². The first kappa shape index (κ1) is 16.1. The van der Waals surface area contributed by atoms with Gasteiger partial charge in [-0.15, -0.1) is 0 Å². The molecule has 7 nitrogen and oxygen atoms in total. The Balaban J connectivity index is 1.76. The molecule has 24 heavy (non-hydrogen) atoms. The lowest BCUT2D eigenvalue weighted by molar-refractivity contribution is -0.384. The SMILES string of the molecule is O=C(NN=Cc1ccccc1I)c1cc2cc([N+](=O)[O-])ccc2o1. The molecule has 1 N–H and O–H groups in total. The number of halogens is 1. The zero-order chi connectivity index (χ0) is 17.1. The highest BCUT2D eigenvalue weighted by molar-refractivity contribution is 14.1. The summed E-state index contributed by atoms with van der Waals surface area (Å²) in [6, 6.07) is 13.2. The van der Waals surface area contributed by atoms with Crippen LogP contribution in [-0.4, -0.2) is 17.0 Å². The van der Waals surface area contributed by atoms with E-state index in [4.69, 9.17) is 4.42 Å². The van der Waals surface area contributed by atoms with Gasteiger partial charge in [0.25, 0.3) is 5.69 Å². The first-order valence-corrected chi connectivity index (χ1v) is 7.88. The summed E-state index contributed by atoms with van der Waals surface area (Å²) in [5.41, 5.74) is 3.58. The standard InChI is InChI=1S/C16H10IN3O4/c17-13-4-2-1-3-10(13)9-18-19-16(21)15-8-11-7-12(20(22)23)5-6-14(11)24-15/h1-9H,(H,19,21). The summed E-state index contributed by atoms with van der Waals surface area (Å²) in [6.45, 7) is 0. The van der Waals surface area contributed by atoms with Gasteiger partial charge in [0.15, 0.2) is 5.76 Å². The van der Waals surface area contributed by atoms with Gasteiger partial charge in [0.2, 0.25) is 0 Å². The molecule has 8 heteroatoms. The predicted molar refractivity (Wildman–Crippen MR) is 97.1 cm³/mol. The van der Waals surface area contributed by atoms with Crippen LogP contribution in [0.4, 0.5) is 5.69 Å². The zero-order valence-electron chi connectivity index (χ0n) is 12.1. The van der Waals surface area contributed by atoms with Gasteiger partial charge in [0.05, 0.1) is 11.1 Å². The summed E-state index contributed by atoms with van der Waals surface area (Å²) >= 11 is 2.17. The highest BCUT2D eigenvalue weighted by Gasteiger charge is 2.14. The quantitative estimate of drug-likeness (QED) is 0.293. The fourth-order valence-corrected chi connectivity index (χ4v) is 2.58. The molecule has 3 rings (SSSR count). The molecule has 0 fully saturated rings. The number of hydrogen-bond acceptors (Lipinski definition) is 5. The first-order chi connectivity index (χ1) is 11.5. The fraction of sp³-hybridized carbons (Fsp3) is 0. The minimum absolute atomic E-state index is 0.0328. The van der Waals surface area contributed by atoms with Crippen molar-refractivity contribution in [2.45, 2.75) is 0 Å². The molecule has 2 aromatic carbocycles. The summed E-state index contributed by atoms with van der Waals surface area (Å²) in [7, 11) is 0. The van der Waals surface area contributed by atoms with E-state index in [0.29, 0.717) is 11.0 Å². The molecule has 0 saturated heterocycles. The molecule has 0 aliphatic heterocycles. The van der Waals surface area contributed by atoms with Gasteiger partial charge in [0.1, 0.15) is 5.58 Å². The third kappa shape index (κ3) is 3.43. The molecule has 1 aromatic heterocycles. The van der Waals surface area contributed by atoms with Gasteiger partial charge in [-0.1, -0.05) is 18.2 Å². The molecular weight excluding hydrogens is 425 g/mol. The Hall–Kier alpha value is -2.75. The lowest BCUT2D eigenvalue weighted by Gasteiger charge is -1.97. The average Bonchev–Trinajstić information content (AvgIpc) is 2.99. The molecule has 0 radical (unpaired) electrons. The van der Waals surface area contributed by atoms with Gasteiger partial charge in [-0.2, -0.15) is 5.10 Å². The lowest BCUT2D eigenvalue weighted by atomic mass is 10.2. The average molecular weight is 435 g/mol. The fourth-order valence-electron chi connectivity index (χ4n) is 2.05. The number of rotatable bonds is 4. The molecular formula is C16H10IN3O4. The van der Waals surface area contributed by atoms with Crippen LogP contribution in [0.3, 0.4) is 0 Å². The molecule has 120 valence electrons. The van der Waals surface area contributed by atoms with Crippen LogP contribution in [0.15, 0.2) is 58.0 Å². The maximum absolute atomic E-state index is 12.1. The van der Waals surface area contributed by atoms with Crippen LogP contribution in [-0.2, 0) is 0 Å². The molecule has 0 atom stereocenters. The number of benzene rings is 2. The van der Waals surface area contributed by atoms with E-state index in [1.165, 1.54) is 30.5 Å². The summed E-state index contributed by atoms with van der Waals surface area (Å²) in [5, 5.41) is 15.1. The van der Waals surface area contributed by atoms with Crippen molar-refractivity contribution in [3.05, 3.63) is 73.5 Å². The Morgan fingerprint density at radius 1 is 1.25 bits per heavy atom. The number of nitrogens with one attached hydrogen (secondary N) is 1. The normalized spacial score (nSPS) is 11.0. The zero-order valence-corrected chi connectivity index (χ0v) is 14.3. The number of nitrogens with zero attached hydrogens (tertiary/aromatic N) is 2. The highest BCUT2D eigenvalue weighted by atomic mass is 127. The van der Waals surface area contributed by atoms with Crippen molar-refractivity contribution in [3.8, 4) is 0 Å². The Morgan fingerprint density at radius 2 is 2.04 bits per heavy atom. The van der Waals surface area contributed by atoms with Gasteiger partial charge in [0, 0.05) is 26.7 Å². The van der Waals surface area contributed by atoms with Crippen LogP contribution in [0.5, 0.6) is 0 Å². The summed E-state index contributed by atoms with van der Waals surface area (Å²) in [6.07, 6.45) is 1.53. The number of furan rings is 1. The van der Waals surface area contributed by atoms with Crippen molar-refractivity contribution in [3.63, 3.8) is 0 Å². The molecule has 0 unspecified atom stereocenters. The summed E-state index contributed by atoms with van der Waals surface area (Å²) in [4.78, 5) is 22.3. The second-order valence-electron chi connectivity index (χ2n) is 4.81. The van der Waals surface area contributed by atoms with Crippen LogP contribution in [0.25, 0.3) is 11.0 Å². The van der Waals surface area contributed by atoms with Gasteiger partial charge in [-0.25, -0.2) is 5.43 Å². The second-order valence-corrected chi connectivity index (χ2v) is 5.97. The topological polar surface area (TPSA) is 97.7 Å². The van der Waals surface area contributed by atoms with Crippen molar-refractivity contribution in [2.75, 3.05) is 0 Å². The van der Waals surface area contributed by atoms with Gasteiger partial charge >= 0.3 is 5.91 Å². The van der Waals surface area contributed by atoms with E-state index in [9.17, 15) is 14.9 Å². The van der Waals surface area contributed by atoms with E-state index in [1.54, 1.807) is 0 Å². The van der Waals surface area contributed by atoms with E-state index >= 15 is 0 Å². The minimum Gasteiger partial charge on any atom is -0.451 e. The number of nitro groups is 1. The number of nitro benzene ring substituents is 1. The van der Waals surface area contributed by atoms with Crippen molar-refractivity contribution >= 4 is 51.4 Å². The van der Waals surface area contributed by atoms with Crippen LogP contribution in [0, 0.1) is 13.7 Å². The van der Waals surface area contributed by atoms with E-state index < -0.39 is 10.8 Å². The predicted octanol–water partition coefficient (Wildman–Crippen LogP) is 3.71. The molecule has 1 amide bonds. The summed E-state index contributed by atoms with van der Waals surface area (Å²) in [5.74, 6) is -0.499. The maximum Gasteiger partial charge on any atom is 0.307 e. The second kappa shape index (κ2) is 6.79. The van der Waals surface area contributed by atoms with Crippen molar-refractivity contribution in [1.82, 2.24) is 5.43 Å². The molecule has 0 spiro atoms. The number of fused-ring (bicyclic) bond motifs is 1. The van der Waals surface area contributed by atoms with E-state index in [1.807, 2.05) is 24.3 Å². The van der Waals surface area contributed by atoms with Crippen LogP contribution >= 0.6 is 22.6 Å². The van der Waals surface area contributed by atoms with Crippen molar-refractivity contribution in [2.24, 2.45) is 5.10 Å². The largest absolute Gasteiger partial charge is 0.451 e.